The summed E-state index contributed by atoms with van der Waals surface area (Å²) in [5, 5.41) is 0.685. The molecule has 0 bridgehead atoms. The summed E-state index contributed by atoms with van der Waals surface area (Å²) in [6.45, 7) is 6.94. The van der Waals surface area contributed by atoms with Crippen LogP contribution in [0, 0.1) is 0 Å². The molecule has 0 aromatic carbocycles. The second-order valence-electron chi connectivity index (χ2n) is 4.03. The van der Waals surface area contributed by atoms with Crippen LogP contribution in [0.4, 0.5) is 0 Å². The van der Waals surface area contributed by atoms with Gasteiger partial charge in [0.2, 0.25) is 0 Å². The van der Waals surface area contributed by atoms with E-state index in [0.717, 1.165) is 8.27 Å². The lowest BCUT2D eigenvalue weighted by atomic mass is 9.91. The Morgan fingerprint density at radius 1 is 0.923 bits per heavy atom. The molecule has 2 unspecified atom stereocenters. The van der Waals surface area contributed by atoms with Crippen molar-refractivity contribution >= 4 is 17.2 Å². The van der Waals surface area contributed by atoms with Crippen LogP contribution in [0.15, 0.2) is 0 Å². The molecule has 0 aliphatic carbocycles. The summed E-state index contributed by atoms with van der Waals surface area (Å²) in [7, 11) is 4.05. The Hall–Kier alpha value is 0.860. The van der Waals surface area contributed by atoms with Gasteiger partial charge in [-0.3, -0.25) is 0 Å². The fraction of sp³-hybridized carbons (Fsp3) is 1.00. The molecular weight excluding hydrogens is 194 g/mol. The molecule has 0 fully saturated rings. The summed E-state index contributed by atoms with van der Waals surface area (Å²) in [5.74, 6) is 0. The van der Waals surface area contributed by atoms with E-state index < -0.39 is 0 Å². The molecule has 0 saturated heterocycles. The van der Waals surface area contributed by atoms with E-state index in [1.807, 2.05) is 0 Å². The van der Waals surface area contributed by atoms with Crippen LogP contribution in [0.25, 0.3) is 0 Å². The molecule has 0 aromatic rings. The van der Waals surface area contributed by atoms with Crippen molar-refractivity contribution in [3.8, 4) is 0 Å². The van der Waals surface area contributed by atoms with E-state index in [9.17, 15) is 0 Å². The molecule has 2 atom stereocenters. The van der Waals surface area contributed by atoms with Crippen LogP contribution in [0.3, 0.4) is 0 Å². The highest BCUT2D eigenvalue weighted by Gasteiger charge is 2.25. The standard InChI is InChI=1S/C11H26P2/c1-4-7-10-11(13-12,8-5-2)9-6-3/h13H,4-10,12H2,1-3H3. The molecule has 80 valence electrons. The van der Waals surface area contributed by atoms with E-state index >= 15 is 0 Å². The van der Waals surface area contributed by atoms with Gasteiger partial charge in [0.1, 0.15) is 0 Å². The quantitative estimate of drug-likeness (QED) is 0.506. The summed E-state index contributed by atoms with van der Waals surface area (Å²) in [6, 6.07) is 0. The molecule has 0 aliphatic heterocycles. The Labute approximate surface area is 88.5 Å². The molecule has 0 aliphatic rings. The van der Waals surface area contributed by atoms with E-state index in [1.54, 1.807) is 0 Å². The van der Waals surface area contributed by atoms with Crippen molar-refractivity contribution in [2.24, 2.45) is 0 Å². The monoisotopic (exact) mass is 220 g/mol. The second-order valence-corrected chi connectivity index (χ2v) is 6.24. The van der Waals surface area contributed by atoms with Gasteiger partial charge in [-0.15, -0.1) is 8.93 Å². The van der Waals surface area contributed by atoms with Gasteiger partial charge in [0, 0.05) is 0 Å². The highest BCUT2D eigenvalue weighted by atomic mass is 32.0. The van der Waals surface area contributed by atoms with Crippen LogP contribution in [0.2, 0.25) is 0 Å². The van der Waals surface area contributed by atoms with Gasteiger partial charge in [-0.05, 0) is 24.4 Å². The Kier molecular flexibility index (Phi) is 8.73. The minimum absolute atomic E-state index is 0.685. The zero-order valence-electron chi connectivity index (χ0n) is 9.53. The Balaban J connectivity index is 4.07. The van der Waals surface area contributed by atoms with E-state index in [1.165, 1.54) is 44.9 Å². The van der Waals surface area contributed by atoms with Crippen LogP contribution in [-0.4, -0.2) is 5.16 Å². The van der Waals surface area contributed by atoms with Crippen LogP contribution in [0.5, 0.6) is 0 Å². The van der Waals surface area contributed by atoms with Crippen molar-refractivity contribution in [1.29, 1.82) is 0 Å². The normalized spacial score (nSPS) is 12.9. The molecule has 0 saturated carbocycles. The predicted molar refractivity (Wildman–Crippen MR) is 70.1 cm³/mol. The number of hydrogen-bond acceptors (Lipinski definition) is 0. The molecule has 0 heterocycles. The van der Waals surface area contributed by atoms with Gasteiger partial charge in [-0.1, -0.05) is 54.7 Å². The van der Waals surface area contributed by atoms with Crippen LogP contribution >= 0.6 is 17.2 Å². The number of rotatable bonds is 8. The zero-order chi connectivity index (χ0) is 10.2. The van der Waals surface area contributed by atoms with E-state index in [2.05, 4.69) is 29.7 Å². The molecule has 0 aromatic heterocycles. The SMILES string of the molecule is CCCCC(CCC)(CCC)PP. The van der Waals surface area contributed by atoms with Crippen molar-refractivity contribution in [1.82, 2.24) is 0 Å². The smallest absolute Gasteiger partial charge is 0.00879 e. The highest BCUT2D eigenvalue weighted by molar-refractivity contribution is 8.03. The van der Waals surface area contributed by atoms with Gasteiger partial charge in [0.15, 0.2) is 0 Å². The van der Waals surface area contributed by atoms with Crippen LogP contribution in [-0.2, 0) is 0 Å². The lowest BCUT2D eigenvalue weighted by molar-refractivity contribution is 0.441. The first-order chi connectivity index (χ1) is 6.24. The maximum atomic E-state index is 2.99. The van der Waals surface area contributed by atoms with Crippen molar-refractivity contribution in [2.75, 3.05) is 0 Å². The van der Waals surface area contributed by atoms with Gasteiger partial charge >= 0.3 is 0 Å². The van der Waals surface area contributed by atoms with E-state index in [4.69, 9.17) is 0 Å². The van der Waals surface area contributed by atoms with Crippen molar-refractivity contribution in [3.63, 3.8) is 0 Å². The van der Waals surface area contributed by atoms with E-state index in [0.29, 0.717) is 5.16 Å². The first-order valence-corrected chi connectivity index (χ1v) is 8.53. The highest BCUT2D eigenvalue weighted by Crippen LogP contribution is 2.48. The topological polar surface area (TPSA) is 0 Å². The van der Waals surface area contributed by atoms with Gasteiger partial charge in [-0.25, -0.2) is 0 Å². The van der Waals surface area contributed by atoms with Crippen LogP contribution in [0.1, 0.15) is 65.7 Å². The molecule has 2 heteroatoms. The number of unbranched alkanes of at least 4 members (excludes halogenated alkanes) is 1. The third kappa shape index (κ3) is 5.34. The summed E-state index contributed by atoms with van der Waals surface area (Å²) < 4.78 is 0. The minimum Gasteiger partial charge on any atom is -0.114 e. The van der Waals surface area contributed by atoms with Crippen LogP contribution < -0.4 is 0 Å². The Morgan fingerprint density at radius 3 is 1.77 bits per heavy atom. The molecule has 0 rings (SSSR count). The van der Waals surface area contributed by atoms with Gasteiger partial charge in [0.25, 0.3) is 0 Å². The first-order valence-electron chi connectivity index (χ1n) is 5.72. The van der Waals surface area contributed by atoms with Crippen molar-refractivity contribution < 1.29 is 0 Å². The summed E-state index contributed by atoms with van der Waals surface area (Å²) in [4.78, 5) is 0. The summed E-state index contributed by atoms with van der Waals surface area (Å²) in [6.07, 6.45) is 9.79. The molecule has 0 N–H and O–H groups in total. The fourth-order valence-electron chi connectivity index (χ4n) is 2.06. The molecule has 13 heavy (non-hydrogen) atoms. The fourth-order valence-corrected chi connectivity index (χ4v) is 4.47. The Morgan fingerprint density at radius 2 is 1.46 bits per heavy atom. The zero-order valence-corrected chi connectivity index (χ0v) is 11.7. The summed E-state index contributed by atoms with van der Waals surface area (Å²) >= 11 is 0. The van der Waals surface area contributed by atoms with Crippen molar-refractivity contribution in [2.45, 2.75) is 70.9 Å². The van der Waals surface area contributed by atoms with E-state index in [-0.39, 0.29) is 0 Å². The molecule has 0 spiro atoms. The maximum absolute atomic E-state index is 2.99. The minimum atomic E-state index is 0.685. The van der Waals surface area contributed by atoms with Gasteiger partial charge < -0.3 is 0 Å². The Bertz CT molecular complexity index is 107. The third-order valence-corrected chi connectivity index (χ3v) is 5.97. The second kappa shape index (κ2) is 8.19. The molecule has 0 amide bonds. The molecule has 0 nitrogen and oxygen atoms in total. The maximum Gasteiger partial charge on any atom is -0.00879 e. The van der Waals surface area contributed by atoms with Gasteiger partial charge in [-0.2, -0.15) is 0 Å². The first kappa shape index (κ1) is 13.9. The van der Waals surface area contributed by atoms with Crippen molar-refractivity contribution in [3.05, 3.63) is 0 Å². The average molecular weight is 220 g/mol. The largest absolute Gasteiger partial charge is 0.114 e. The average Bonchev–Trinajstić information content (AvgIpc) is 2.15. The lowest BCUT2D eigenvalue weighted by Gasteiger charge is -2.32. The summed E-state index contributed by atoms with van der Waals surface area (Å²) in [5.41, 5.74) is 0. The lowest BCUT2D eigenvalue weighted by Crippen LogP contribution is -2.21. The molecule has 0 radical (unpaired) electrons. The third-order valence-electron chi connectivity index (χ3n) is 2.77. The molecular formula is C11H26P2. The predicted octanol–water partition coefficient (Wildman–Crippen LogP) is 4.98. The van der Waals surface area contributed by atoms with Gasteiger partial charge in [0.05, 0.1) is 0 Å². The number of hydrogen-bond donors (Lipinski definition) is 0.